The van der Waals surface area contributed by atoms with Crippen molar-refractivity contribution in [3.05, 3.63) is 68.1 Å². The maximum Gasteiger partial charge on any atom is 0.341 e. The number of rotatable bonds is 5. The third-order valence-electron chi connectivity index (χ3n) is 2.51. The molecule has 0 atom stereocenters. The third kappa shape index (κ3) is 3.41. The van der Waals surface area contributed by atoms with E-state index in [1.54, 1.807) is 0 Å². The highest BCUT2D eigenvalue weighted by Gasteiger charge is 2.17. The summed E-state index contributed by atoms with van der Waals surface area (Å²) in [6.07, 6.45) is 2.47. The molecule has 0 unspecified atom stereocenters. The Morgan fingerprint density at radius 3 is 2.24 bits per heavy atom. The first kappa shape index (κ1) is 14.2. The largest absolute Gasteiger partial charge is 0.472 e. The lowest BCUT2D eigenvalue weighted by Crippen LogP contribution is -2.04. The van der Waals surface area contributed by atoms with Crippen LogP contribution in [0, 0.1) is 20.2 Å². The van der Waals surface area contributed by atoms with Crippen LogP contribution in [0.4, 0.5) is 11.4 Å². The average Bonchev–Trinajstić information content (AvgIpc) is 2.98. The van der Waals surface area contributed by atoms with Crippen LogP contribution < -0.4 is 0 Å². The quantitative estimate of drug-likeness (QED) is 0.470. The highest BCUT2D eigenvalue weighted by molar-refractivity contribution is 5.88. The molecule has 0 aliphatic rings. The summed E-state index contributed by atoms with van der Waals surface area (Å²) >= 11 is 0. The SMILES string of the molecule is O=C(OCc1cc([N+](=O)[O-])cc([N+](=O)[O-])c1)c1ccoc1. The first-order chi connectivity index (χ1) is 9.97. The van der Waals surface area contributed by atoms with E-state index in [-0.39, 0.29) is 17.7 Å². The summed E-state index contributed by atoms with van der Waals surface area (Å²) in [6, 6.07) is 4.44. The van der Waals surface area contributed by atoms with Gasteiger partial charge in [-0.05, 0) is 6.07 Å². The highest BCUT2D eigenvalue weighted by Crippen LogP contribution is 2.23. The molecular formula is C12H8N2O7. The molecule has 0 aliphatic carbocycles. The number of nitro groups is 2. The first-order valence-electron chi connectivity index (χ1n) is 5.59. The Labute approximate surface area is 117 Å². The number of non-ortho nitro benzene ring substituents is 2. The zero-order valence-corrected chi connectivity index (χ0v) is 10.4. The molecule has 0 fully saturated rings. The Bertz CT molecular complexity index is 661. The number of nitro benzene ring substituents is 2. The Morgan fingerprint density at radius 1 is 1.14 bits per heavy atom. The van der Waals surface area contributed by atoms with Gasteiger partial charge >= 0.3 is 5.97 Å². The molecule has 0 aliphatic heterocycles. The summed E-state index contributed by atoms with van der Waals surface area (Å²) in [4.78, 5) is 31.5. The molecule has 2 aromatic rings. The summed E-state index contributed by atoms with van der Waals surface area (Å²) in [7, 11) is 0. The Balaban J connectivity index is 2.17. The fourth-order valence-electron chi connectivity index (χ4n) is 1.56. The number of carbonyl (C=O) groups excluding carboxylic acids is 1. The third-order valence-corrected chi connectivity index (χ3v) is 2.51. The zero-order chi connectivity index (χ0) is 15.4. The van der Waals surface area contributed by atoms with E-state index in [0.717, 1.165) is 18.2 Å². The average molecular weight is 292 g/mol. The van der Waals surface area contributed by atoms with Gasteiger partial charge in [0.2, 0.25) is 0 Å². The Morgan fingerprint density at radius 2 is 1.76 bits per heavy atom. The normalized spacial score (nSPS) is 10.1. The minimum Gasteiger partial charge on any atom is -0.472 e. The van der Waals surface area contributed by atoms with Gasteiger partial charge in [-0.1, -0.05) is 0 Å². The number of ether oxygens (including phenoxy) is 1. The number of nitrogens with zero attached hydrogens (tertiary/aromatic N) is 2. The van der Waals surface area contributed by atoms with Crippen molar-refractivity contribution in [1.29, 1.82) is 0 Å². The van der Waals surface area contributed by atoms with Crippen LogP contribution in [0.3, 0.4) is 0 Å². The lowest BCUT2D eigenvalue weighted by molar-refractivity contribution is -0.394. The molecule has 9 heteroatoms. The minimum atomic E-state index is -0.756. The lowest BCUT2D eigenvalue weighted by atomic mass is 10.2. The van der Waals surface area contributed by atoms with Crippen LogP contribution in [0.2, 0.25) is 0 Å². The van der Waals surface area contributed by atoms with E-state index in [1.807, 2.05) is 0 Å². The maximum atomic E-state index is 11.6. The summed E-state index contributed by atoms with van der Waals surface area (Å²) in [5.74, 6) is -0.696. The summed E-state index contributed by atoms with van der Waals surface area (Å²) in [5.41, 5.74) is -0.570. The first-order valence-corrected chi connectivity index (χ1v) is 5.59. The van der Waals surface area contributed by atoms with Crippen molar-refractivity contribution in [2.45, 2.75) is 6.61 Å². The molecule has 0 spiro atoms. The molecule has 0 radical (unpaired) electrons. The van der Waals surface area contributed by atoms with Crippen molar-refractivity contribution in [3.8, 4) is 0 Å². The van der Waals surface area contributed by atoms with E-state index in [4.69, 9.17) is 9.15 Å². The van der Waals surface area contributed by atoms with Gasteiger partial charge in [-0.2, -0.15) is 0 Å². The van der Waals surface area contributed by atoms with Gasteiger partial charge in [-0.15, -0.1) is 0 Å². The number of benzene rings is 1. The summed E-state index contributed by atoms with van der Waals surface area (Å²) in [6.45, 7) is -0.327. The number of esters is 1. The van der Waals surface area contributed by atoms with Crippen LogP contribution in [0.5, 0.6) is 0 Å². The second kappa shape index (κ2) is 5.82. The molecule has 0 amide bonds. The highest BCUT2D eigenvalue weighted by atomic mass is 16.6. The van der Waals surface area contributed by atoms with E-state index >= 15 is 0 Å². The van der Waals surface area contributed by atoms with Crippen LogP contribution in [-0.4, -0.2) is 15.8 Å². The standard InChI is InChI=1S/C12H8N2O7/c15-12(9-1-2-20-7-9)21-6-8-3-10(13(16)17)5-11(4-8)14(18)19/h1-5,7H,6H2. The molecule has 1 aromatic heterocycles. The molecule has 21 heavy (non-hydrogen) atoms. The number of hydrogen-bond acceptors (Lipinski definition) is 7. The van der Waals surface area contributed by atoms with Crippen molar-refractivity contribution in [3.63, 3.8) is 0 Å². The molecule has 0 bridgehead atoms. The van der Waals surface area contributed by atoms with E-state index in [0.29, 0.717) is 0 Å². The molecule has 0 saturated carbocycles. The Hall–Kier alpha value is -3.23. The van der Waals surface area contributed by atoms with Crippen molar-refractivity contribution >= 4 is 17.3 Å². The predicted molar refractivity (Wildman–Crippen MR) is 67.6 cm³/mol. The number of hydrogen-bond donors (Lipinski definition) is 0. The van der Waals surface area contributed by atoms with Crippen LogP contribution >= 0.6 is 0 Å². The van der Waals surface area contributed by atoms with Crippen molar-refractivity contribution in [2.24, 2.45) is 0 Å². The minimum absolute atomic E-state index is 0.146. The van der Waals surface area contributed by atoms with Crippen molar-refractivity contribution in [2.75, 3.05) is 0 Å². The molecule has 108 valence electrons. The van der Waals surface area contributed by atoms with E-state index in [9.17, 15) is 25.0 Å². The predicted octanol–water partition coefficient (Wildman–Crippen LogP) is 2.45. The van der Waals surface area contributed by atoms with Crippen molar-refractivity contribution in [1.82, 2.24) is 0 Å². The topological polar surface area (TPSA) is 126 Å². The molecule has 1 heterocycles. The molecule has 2 rings (SSSR count). The van der Waals surface area contributed by atoms with Crippen LogP contribution in [0.25, 0.3) is 0 Å². The van der Waals surface area contributed by atoms with Crippen LogP contribution in [0.1, 0.15) is 15.9 Å². The number of furan rings is 1. The monoisotopic (exact) mass is 292 g/mol. The van der Waals surface area contributed by atoms with Gasteiger partial charge in [0.25, 0.3) is 11.4 Å². The van der Waals surface area contributed by atoms with E-state index in [2.05, 4.69) is 0 Å². The molecule has 9 nitrogen and oxygen atoms in total. The fourth-order valence-corrected chi connectivity index (χ4v) is 1.56. The van der Waals surface area contributed by atoms with Crippen LogP contribution in [0.15, 0.2) is 41.2 Å². The molecule has 0 saturated heterocycles. The van der Waals surface area contributed by atoms with Gasteiger partial charge in [-0.3, -0.25) is 20.2 Å². The van der Waals surface area contributed by atoms with Crippen molar-refractivity contribution < 1.29 is 23.8 Å². The maximum absolute atomic E-state index is 11.6. The van der Waals surface area contributed by atoms with Gasteiger partial charge < -0.3 is 9.15 Å². The second-order valence-electron chi connectivity index (χ2n) is 3.96. The van der Waals surface area contributed by atoms with Gasteiger partial charge in [-0.25, -0.2) is 4.79 Å². The lowest BCUT2D eigenvalue weighted by Gasteiger charge is -2.03. The Kier molecular flexibility index (Phi) is 3.93. The zero-order valence-electron chi connectivity index (χ0n) is 10.4. The van der Waals surface area contributed by atoms with E-state index in [1.165, 1.54) is 18.6 Å². The summed E-state index contributed by atoms with van der Waals surface area (Å²) in [5, 5.41) is 21.4. The number of carbonyl (C=O) groups is 1. The van der Waals surface area contributed by atoms with Gasteiger partial charge in [0, 0.05) is 17.7 Å². The van der Waals surface area contributed by atoms with Crippen LogP contribution in [-0.2, 0) is 11.3 Å². The summed E-state index contributed by atoms with van der Waals surface area (Å²) < 4.78 is 9.61. The molecule has 0 N–H and O–H groups in total. The van der Waals surface area contributed by atoms with Gasteiger partial charge in [0.15, 0.2) is 0 Å². The fraction of sp³-hybridized carbons (Fsp3) is 0.0833. The van der Waals surface area contributed by atoms with E-state index < -0.39 is 27.2 Å². The second-order valence-corrected chi connectivity index (χ2v) is 3.96. The smallest absolute Gasteiger partial charge is 0.341 e. The van der Waals surface area contributed by atoms with Gasteiger partial charge in [0.1, 0.15) is 12.9 Å². The molecule has 1 aromatic carbocycles. The molecular weight excluding hydrogens is 284 g/mol. The van der Waals surface area contributed by atoms with Gasteiger partial charge in [0.05, 0.1) is 27.7 Å².